The molecule has 0 unspecified atom stereocenters. The van der Waals surface area contributed by atoms with Crippen LogP contribution in [0.25, 0.3) is 11.4 Å². The molecule has 0 fully saturated rings. The van der Waals surface area contributed by atoms with Gasteiger partial charge in [0.15, 0.2) is 0 Å². The molecule has 7 heteroatoms. The van der Waals surface area contributed by atoms with E-state index in [2.05, 4.69) is 15.0 Å². The number of hydrogen-bond donors (Lipinski definition) is 1. The molecule has 2 heterocycles. The van der Waals surface area contributed by atoms with Crippen LogP contribution in [0.3, 0.4) is 0 Å². The van der Waals surface area contributed by atoms with Crippen LogP contribution in [0.5, 0.6) is 0 Å². The van der Waals surface area contributed by atoms with Gasteiger partial charge in [-0.25, -0.2) is 9.97 Å². The molecule has 0 aliphatic carbocycles. The van der Waals surface area contributed by atoms with Crippen LogP contribution in [-0.2, 0) is 10.1 Å². The third kappa shape index (κ3) is 2.20. The maximum absolute atomic E-state index is 10.8. The van der Waals surface area contributed by atoms with Gasteiger partial charge in [0.2, 0.25) is 0 Å². The second kappa shape index (κ2) is 3.95. The summed E-state index contributed by atoms with van der Waals surface area (Å²) in [6, 6.07) is 6.67. The molecule has 6 nitrogen and oxygen atoms in total. The second-order valence-electron chi connectivity index (χ2n) is 2.91. The van der Waals surface area contributed by atoms with Gasteiger partial charge in [-0.05, 0) is 18.2 Å². The standard InChI is InChI=1S/C9H7N3O3S/c13-16(14,15)9-11-6-4-8(12-9)7-3-1-2-5-10-7/h1-6H,(H,13,14,15). The smallest absolute Gasteiger partial charge is 0.279 e. The van der Waals surface area contributed by atoms with E-state index < -0.39 is 15.3 Å². The summed E-state index contributed by atoms with van der Waals surface area (Å²) in [6.45, 7) is 0. The Morgan fingerprint density at radius 3 is 2.44 bits per heavy atom. The fourth-order valence-electron chi connectivity index (χ4n) is 1.12. The first-order valence-corrected chi connectivity index (χ1v) is 5.73. The molecular formula is C9H7N3O3S. The quantitative estimate of drug-likeness (QED) is 0.613. The van der Waals surface area contributed by atoms with Gasteiger partial charge in [-0.15, -0.1) is 0 Å². The van der Waals surface area contributed by atoms with E-state index in [-0.39, 0.29) is 0 Å². The molecule has 0 saturated heterocycles. The summed E-state index contributed by atoms with van der Waals surface area (Å²) in [5.74, 6) is 0. The van der Waals surface area contributed by atoms with Gasteiger partial charge in [-0.2, -0.15) is 8.42 Å². The van der Waals surface area contributed by atoms with Gasteiger partial charge < -0.3 is 0 Å². The highest BCUT2D eigenvalue weighted by Crippen LogP contribution is 2.13. The number of nitrogens with zero attached hydrogens (tertiary/aromatic N) is 3. The maximum Gasteiger partial charge on any atom is 0.330 e. The van der Waals surface area contributed by atoms with Crippen LogP contribution in [0, 0.1) is 0 Å². The highest BCUT2D eigenvalue weighted by Gasteiger charge is 2.14. The predicted octanol–water partition coefficient (Wildman–Crippen LogP) is 0.785. The summed E-state index contributed by atoms with van der Waals surface area (Å²) in [5.41, 5.74) is 0.845. The van der Waals surface area contributed by atoms with Crippen molar-refractivity contribution in [3.8, 4) is 11.4 Å². The SMILES string of the molecule is O=S(=O)(O)c1nccc(-c2ccccn2)n1. The van der Waals surface area contributed by atoms with Crippen molar-refractivity contribution in [2.24, 2.45) is 0 Å². The number of pyridine rings is 1. The van der Waals surface area contributed by atoms with Crippen LogP contribution in [-0.4, -0.2) is 27.9 Å². The fourth-order valence-corrected chi connectivity index (χ4v) is 1.53. The lowest BCUT2D eigenvalue weighted by Crippen LogP contribution is -2.05. The summed E-state index contributed by atoms with van der Waals surface area (Å²) >= 11 is 0. The minimum Gasteiger partial charge on any atom is -0.279 e. The predicted molar refractivity (Wildman–Crippen MR) is 55.1 cm³/mol. The molecule has 0 radical (unpaired) electrons. The molecule has 0 bridgehead atoms. The maximum atomic E-state index is 10.8. The van der Waals surface area contributed by atoms with Gasteiger partial charge in [0, 0.05) is 12.4 Å². The molecule has 0 atom stereocenters. The Balaban J connectivity index is 2.53. The molecule has 0 aromatic carbocycles. The summed E-state index contributed by atoms with van der Waals surface area (Å²) in [6.07, 6.45) is 2.81. The first-order valence-electron chi connectivity index (χ1n) is 4.29. The first kappa shape index (κ1) is 10.7. The Labute approximate surface area is 91.8 Å². The van der Waals surface area contributed by atoms with Gasteiger partial charge in [-0.3, -0.25) is 9.54 Å². The van der Waals surface area contributed by atoms with Gasteiger partial charge >= 0.3 is 10.1 Å². The Kier molecular flexibility index (Phi) is 2.63. The third-order valence-electron chi connectivity index (χ3n) is 1.79. The van der Waals surface area contributed by atoms with Crippen molar-refractivity contribution in [2.45, 2.75) is 5.16 Å². The summed E-state index contributed by atoms with van der Waals surface area (Å²) in [5, 5.41) is -0.629. The largest absolute Gasteiger partial charge is 0.330 e. The van der Waals surface area contributed by atoms with E-state index in [1.165, 1.54) is 12.3 Å². The summed E-state index contributed by atoms with van der Waals surface area (Å²) in [4.78, 5) is 11.2. The normalized spacial score (nSPS) is 11.3. The average Bonchev–Trinajstić information content (AvgIpc) is 2.29. The van der Waals surface area contributed by atoms with Crippen molar-refractivity contribution in [2.75, 3.05) is 0 Å². The highest BCUT2D eigenvalue weighted by molar-refractivity contribution is 7.85. The van der Waals surface area contributed by atoms with Crippen molar-refractivity contribution in [1.29, 1.82) is 0 Å². The Bertz CT molecular complexity index is 598. The Morgan fingerprint density at radius 1 is 1.00 bits per heavy atom. The molecule has 2 aromatic heterocycles. The highest BCUT2D eigenvalue weighted by atomic mass is 32.2. The van der Waals surface area contributed by atoms with E-state index in [9.17, 15) is 8.42 Å². The first-order chi connectivity index (χ1) is 7.57. The van der Waals surface area contributed by atoms with E-state index >= 15 is 0 Å². The lowest BCUT2D eigenvalue weighted by Gasteiger charge is -2.00. The van der Waals surface area contributed by atoms with E-state index in [1.807, 2.05) is 0 Å². The number of aromatic nitrogens is 3. The van der Waals surface area contributed by atoms with Crippen LogP contribution in [0.4, 0.5) is 0 Å². The number of rotatable bonds is 2. The molecule has 82 valence electrons. The molecule has 0 aliphatic rings. The molecule has 2 rings (SSSR count). The zero-order valence-electron chi connectivity index (χ0n) is 7.98. The molecule has 2 aromatic rings. The second-order valence-corrected chi connectivity index (χ2v) is 4.23. The molecule has 0 spiro atoms. The monoisotopic (exact) mass is 237 g/mol. The molecule has 0 amide bonds. The fraction of sp³-hybridized carbons (Fsp3) is 0. The molecule has 0 saturated carbocycles. The van der Waals surface area contributed by atoms with Crippen molar-refractivity contribution >= 4 is 10.1 Å². The van der Waals surface area contributed by atoms with Crippen LogP contribution in [0.1, 0.15) is 0 Å². The Hall–Kier alpha value is -1.86. The summed E-state index contributed by atoms with van der Waals surface area (Å²) < 4.78 is 30.4. The van der Waals surface area contributed by atoms with E-state index in [4.69, 9.17) is 4.55 Å². The van der Waals surface area contributed by atoms with Gasteiger partial charge in [0.25, 0.3) is 5.16 Å². The third-order valence-corrected chi connectivity index (χ3v) is 2.45. The summed E-state index contributed by atoms with van der Waals surface area (Å²) in [7, 11) is -4.38. The van der Waals surface area contributed by atoms with Crippen LogP contribution in [0.15, 0.2) is 41.8 Å². The van der Waals surface area contributed by atoms with Crippen LogP contribution in [0.2, 0.25) is 0 Å². The molecular weight excluding hydrogens is 230 g/mol. The van der Waals surface area contributed by atoms with Gasteiger partial charge in [-0.1, -0.05) is 6.07 Å². The molecule has 1 N–H and O–H groups in total. The van der Waals surface area contributed by atoms with Gasteiger partial charge in [0.1, 0.15) is 0 Å². The topological polar surface area (TPSA) is 93.0 Å². The minimum absolute atomic E-state index is 0.336. The van der Waals surface area contributed by atoms with Crippen molar-refractivity contribution in [3.05, 3.63) is 36.7 Å². The van der Waals surface area contributed by atoms with E-state index in [0.717, 1.165) is 0 Å². The Morgan fingerprint density at radius 2 is 1.81 bits per heavy atom. The number of hydrogen-bond acceptors (Lipinski definition) is 5. The van der Waals surface area contributed by atoms with Crippen molar-refractivity contribution < 1.29 is 13.0 Å². The molecule has 0 aliphatic heterocycles. The average molecular weight is 237 g/mol. The van der Waals surface area contributed by atoms with Gasteiger partial charge in [0.05, 0.1) is 11.4 Å². The van der Waals surface area contributed by atoms with Crippen molar-refractivity contribution in [3.63, 3.8) is 0 Å². The van der Waals surface area contributed by atoms with Crippen molar-refractivity contribution in [1.82, 2.24) is 15.0 Å². The zero-order valence-corrected chi connectivity index (χ0v) is 8.79. The van der Waals surface area contributed by atoms with E-state index in [1.54, 1.807) is 24.4 Å². The lowest BCUT2D eigenvalue weighted by molar-refractivity contribution is 0.474. The lowest BCUT2D eigenvalue weighted by atomic mass is 10.3. The minimum atomic E-state index is -4.38. The molecule has 16 heavy (non-hydrogen) atoms. The van der Waals surface area contributed by atoms with E-state index in [0.29, 0.717) is 11.4 Å². The van der Waals surface area contributed by atoms with Crippen LogP contribution >= 0.6 is 0 Å². The zero-order chi connectivity index (χ0) is 11.6. The van der Waals surface area contributed by atoms with Crippen LogP contribution < -0.4 is 0 Å².